The molecule has 4 atom stereocenters. The lowest BCUT2D eigenvalue weighted by atomic mass is 9.71. The van der Waals surface area contributed by atoms with Crippen molar-refractivity contribution in [3.8, 4) is 0 Å². The zero-order valence-corrected chi connectivity index (χ0v) is 16.6. The predicted molar refractivity (Wildman–Crippen MR) is 115 cm³/mol. The molecular formula is C24H30N2O. The minimum atomic E-state index is 0.0598. The molecule has 1 amide bonds. The summed E-state index contributed by atoms with van der Waals surface area (Å²) in [5.74, 6) is 1.02. The highest BCUT2D eigenvalue weighted by atomic mass is 16.2. The molecule has 3 nitrogen and oxygen atoms in total. The van der Waals surface area contributed by atoms with Gasteiger partial charge < -0.3 is 5.32 Å². The maximum absolute atomic E-state index is 12.6. The fourth-order valence-corrected chi connectivity index (χ4v) is 3.51. The lowest BCUT2D eigenvalue weighted by Crippen LogP contribution is -2.30. The molecule has 2 aliphatic rings. The molecule has 3 heteroatoms. The SMILES string of the molecule is C=CN=C/C(=C/C=C(\C)NC(=O)C1CC1C1(C)C=CC=C[C@H]1C)C(=C)C=C. The summed E-state index contributed by atoms with van der Waals surface area (Å²) in [6, 6.07) is 0. The molecule has 2 rings (SSSR count). The van der Waals surface area contributed by atoms with Crippen molar-refractivity contribution in [1.82, 2.24) is 5.32 Å². The van der Waals surface area contributed by atoms with E-state index in [9.17, 15) is 4.79 Å². The van der Waals surface area contributed by atoms with E-state index in [0.717, 1.165) is 23.3 Å². The summed E-state index contributed by atoms with van der Waals surface area (Å²) in [7, 11) is 0. The Morgan fingerprint density at radius 2 is 2.04 bits per heavy atom. The lowest BCUT2D eigenvalue weighted by Gasteiger charge is -2.33. The van der Waals surface area contributed by atoms with Crippen molar-refractivity contribution in [2.45, 2.75) is 27.2 Å². The van der Waals surface area contributed by atoms with E-state index in [-0.39, 0.29) is 17.2 Å². The van der Waals surface area contributed by atoms with Crippen LogP contribution in [0, 0.1) is 23.2 Å². The smallest absolute Gasteiger partial charge is 0.227 e. The first-order valence-corrected chi connectivity index (χ1v) is 9.34. The highest BCUT2D eigenvalue weighted by Gasteiger charge is 2.54. The third-order valence-corrected chi connectivity index (χ3v) is 5.64. The number of allylic oxidation sites excluding steroid dienone is 10. The molecule has 0 aliphatic heterocycles. The molecule has 0 aromatic carbocycles. The summed E-state index contributed by atoms with van der Waals surface area (Å²) >= 11 is 0. The van der Waals surface area contributed by atoms with Gasteiger partial charge in [-0.25, -0.2) is 0 Å². The minimum Gasteiger partial charge on any atom is -0.330 e. The Bertz CT molecular complexity index is 778. The number of aliphatic imine (C=N–C) groups is 1. The fourth-order valence-electron chi connectivity index (χ4n) is 3.51. The third-order valence-electron chi connectivity index (χ3n) is 5.64. The fraction of sp³-hybridized carbons (Fsp3) is 0.333. The van der Waals surface area contributed by atoms with Crippen LogP contribution in [0.5, 0.6) is 0 Å². The number of nitrogens with one attached hydrogen (secondary N) is 1. The van der Waals surface area contributed by atoms with E-state index in [0.29, 0.717) is 11.8 Å². The average Bonchev–Trinajstić information content (AvgIpc) is 3.45. The highest BCUT2D eigenvalue weighted by Crippen LogP contribution is 2.56. The number of carbonyl (C=O) groups excluding carboxylic acids is 1. The number of rotatable bonds is 8. The number of amides is 1. The van der Waals surface area contributed by atoms with Crippen molar-refractivity contribution < 1.29 is 4.79 Å². The van der Waals surface area contributed by atoms with Crippen LogP contribution < -0.4 is 5.32 Å². The molecule has 142 valence electrons. The molecular weight excluding hydrogens is 332 g/mol. The number of hydrogen-bond donors (Lipinski definition) is 1. The number of carbonyl (C=O) groups is 1. The van der Waals surface area contributed by atoms with E-state index < -0.39 is 0 Å². The van der Waals surface area contributed by atoms with Crippen LogP contribution in [0.25, 0.3) is 0 Å². The van der Waals surface area contributed by atoms with E-state index in [4.69, 9.17) is 0 Å². The zero-order chi connectivity index (χ0) is 20.0. The second kappa shape index (κ2) is 8.81. The van der Waals surface area contributed by atoms with Crippen molar-refractivity contribution >= 4 is 12.1 Å². The normalized spacial score (nSPS) is 30.3. The molecule has 0 radical (unpaired) electrons. The predicted octanol–water partition coefficient (Wildman–Crippen LogP) is 5.29. The average molecular weight is 363 g/mol. The first kappa shape index (κ1) is 20.6. The van der Waals surface area contributed by atoms with Crippen molar-refractivity contribution in [3.05, 3.63) is 85.3 Å². The Morgan fingerprint density at radius 1 is 1.30 bits per heavy atom. The topological polar surface area (TPSA) is 41.5 Å². The van der Waals surface area contributed by atoms with Gasteiger partial charge >= 0.3 is 0 Å². The number of hydrogen-bond acceptors (Lipinski definition) is 2. The van der Waals surface area contributed by atoms with Crippen LogP contribution in [0.1, 0.15) is 27.2 Å². The van der Waals surface area contributed by atoms with Gasteiger partial charge in [-0.1, -0.05) is 70.0 Å². The second-order valence-electron chi connectivity index (χ2n) is 7.50. The van der Waals surface area contributed by atoms with E-state index in [1.807, 2.05) is 19.1 Å². The molecule has 0 heterocycles. The van der Waals surface area contributed by atoms with Crippen LogP contribution in [-0.2, 0) is 4.79 Å². The molecule has 27 heavy (non-hydrogen) atoms. The lowest BCUT2D eigenvalue weighted by molar-refractivity contribution is -0.122. The van der Waals surface area contributed by atoms with Gasteiger partial charge in [0.05, 0.1) is 0 Å². The first-order chi connectivity index (χ1) is 12.8. The van der Waals surface area contributed by atoms with Crippen LogP contribution >= 0.6 is 0 Å². The molecule has 0 aromatic heterocycles. The maximum Gasteiger partial charge on any atom is 0.227 e. The molecule has 0 bridgehead atoms. The molecule has 0 saturated heterocycles. The van der Waals surface area contributed by atoms with Gasteiger partial charge in [0.15, 0.2) is 0 Å². The van der Waals surface area contributed by atoms with E-state index in [1.54, 1.807) is 12.3 Å². The van der Waals surface area contributed by atoms with Gasteiger partial charge in [-0.2, -0.15) is 0 Å². The van der Waals surface area contributed by atoms with Crippen LogP contribution in [0.15, 0.2) is 90.3 Å². The molecule has 1 saturated carbocycles. The van der Waals surface area contributed by atoms with Gasteiger partial charge in [0.1, 0.15) is 0 Å². The van der Waals surface area contributed by atoms with Gasteiger partial charge in [-0.15, -0.1) is 0 Å². The van der Waals surface area contributed by atoms with Gasteiger partial charge in [0.2, 0.25) is 5.91 Å². The van der Waals surface area contributed by atoms with E-state index in [1.165, 1.54) is 6.20 Å². The van der Waals surface area contributed by atoms with E-state index >= 15 is 0 Å². The molecule has 2 aliphatic carbocycles. The Labute approximate surface area is 163 Å². The molecule has 1 N–H and O–H groups in total. The molecule has 1 fully saturated rings. The standard InChI is InChI=1S/C24H30N2O/c1-7-17(3)20(16-25-8-2)13-12-19(5)26-23(27)21-15-22(21)24(6)14-10-9-11-18(24)4/h7-14,16,18,21-22H,1-3,15H2,4-6H3,(H,26,27)/b19-12+,20-13-,25-16?/t18-,21?,22?,24?/m1/s1. The summed E-state index contributed by atoms with van der Waals surface area (Å²) in [6.45, 7) is 17.6. The highest BCUT2D eigenvalue weighted by molar-refractivity contribution is 5.86. The van der Waals surface area contributed by atoms with Gasteiger partial charge in [-0.05, 0) is 47.8 Å². The summed E-state index contributed by atoms with van der Waals surface area (Å²) in [6.07, 6.45) is 18.2. The summed E-state index contributed by atoms with van der Waals surface area (Å²) in [5.41, 5.74) is 2.44. The Morgan fingerprint density at radius 3 is 2.67 bits per heavy atom. The second-order valence-corrected chi connectivity index (χ2v) is 7.50. The van der Waals surface area contributed by atoms with E-state index in [2.05, 4.69) is 68.2 Å². The van der Waals surface area contributed by atoms with Crippen molar-refractivity contribution in [1.29, 1.82) is 0 Å². The zero-order valence-electron chi connectivity index (χ0n) is 16.6. The summed E-state index contributed by atoms with van der Waals surface area (Å²) < 4.78 is 0. The molecule has 0 aromatic rings. The minimum absolute atomic E-state index is 0.0598. The van der Waals surface area contributed by atoms with Crippen molar-refractivity contribution in [3.63, 3.8) is 0 Å². The van der Waals surface area contributed by atoms with Crippen molar-refractivity contribution in [2.24, 2.45) is 28.2 Å². The van der Waals surface area contributed by atoms with Gasteiger partial charge in [0, 0.05) is 24.0 Å². The summed E-state index contributed by atoms with van der Waals surface area (Å²) in [5, 5.41) is 3.03. The van der Waals surface area contributed by atoms with Gasteiger partial charge in [0.25, 0.3) is 0 Å². The largest absolute Gasteiger partial charge is 0.330 e. The van der Waals surface area contributed by atoms with Crippen LogP contribution in [0.4, 0.5) is 0 Å². The Kier molecular flexibility index (Phi) is 6.73. The van der Waals surface area contributed by atoms with Crippen LogP contribution in [-0.4, -0.2) is 12.1 Å². The Hall–Kier alpha value is -2.68. The van der Waals surface area contributed by atoms with Crippen LogP contribution in [0.3, 0.4) is 0 Å². The van der Waals surface area contributed by atoms with Crippen LogP contribution in [0.2, 0.25) is 0 Å². The number of nitrogens with zero attached hydrogens (tertiary/aromatic N) is 1. The Balaban J connectivity index is 2.01. The maximum atomic E-state index is 12.6. The quantitative estimate of drug-likeness (QED) is 0.462. The summed E-state index contributed by atoms with van der Waals surface area (Å²) in [4.78, 5) is 16.7. The first-order valence-electron chi connectivity index (χ1n) is 9.34. The molecule has 3 unspecified atom stereocenters. The van der Waals surface area contributed by atoms with Gasteiger partial charge in [-0.3, -0.25) is 9.79 Å². The molecule has 0 spiro atoms. The van der Waals surface area contributed by atoms with Crippen molar-refractivity contribution in [2.75, 3.05) is 0 Å². The third kappa shape index (κ3) is 4.94. The monoisotopic (exact) mass is 362 g/mol.